The van der Waals surface area contributed by atoms with Gasteiger partial charge in [0.1, 0.15) is 16.9 Å². The summed E-state index contributed by atoms with van der Waals surface area (Å²) in [5.74, 6) is 0.258. The molecule has 0 radical (unpaired) electrons. The van der Waals surface area contributed by atoms with Gasteiger partial charge in [-0.1, -0.05) is 18.2 Å². The van der Waals surface area contributed by atoms with Crippen LogP contribution in [-0.2, 0) is 20.4 Å². The van der Waals surface area contributed by atoms with E-state index in [4.69, 9.17) is 4.42 Å². The second-order valence-electron chi connectivity index (χ2n) is 6.39. The molecule has 1 amide bonds. The van der Waals surface area contributed by atoms with Crippen LogP contribution in [0.3, 0.4) is 0 Å². The van der Waals surface area contributed by atoms with Crippen molar-refractivity contribution in [3.05, 3.63) is 60.4 Å². The molecule has 0 saturated carbocycles. The second-order valence-corrected chi connectivity index (χ2v) is 8.15. The van der Waals surface area contributed by atoms with Gasteiger partial charge in [0.05, 0.1) is 12.0 Å². The third-order valence-corrected chi connectivity index (χ3v) is 5.58. The molecule has 1 heterocycles. The minimum atomic E-state index is -3.88. The zero-order chi connectivity index (χ0) is 20.4. The highest BCUT2D eigenvalue weighted by molar-refractivity contribution is 7.89. The van der Waals surface area contributed by atoms with Gasteiger partial charge >= 0.3 is 6.09 Å². The molecule has 1 aromatic heterocycles. The van der Waals surface area contributed by atoms with E-state index in [9.17, 15) is 18.3 Å². The number of para-hydroxylation sites is 1. The molecule has 1 atom stereocenters. The van der Waals surface area contributed by atoms with E-state index in [0.717, 1.165) is 5.39 Å². The number of anilines is 1. The maximum Gasteiger partial charge on any atom is 0.411 e. The van der Waals surface area contributed by atoms with Crippen LogP contribution >= 0.6 is 0 Å². The molecule has 0 spiro atoms. The number of carbonyl (C=O) groups is 1. The Balaban J connectivity index is 1.72. The largest absolute Gasteiger partial charge is 0.458 e. The van der Waals surface area contributed by atoms with Crippen LogP contribution in [0.4, 0.5) is 10.5 Å². The molecule has 3 N–H and O–H groups in total. The summed E-state index contributed by atoms with van der Waals surface area (Å²) in [7, 11) is -2.65. The number of amides is 1. The van der Waals surface area contributed by atoms with E-state index < -0.39 is 21.7 Å². The summed E-state index contributed by atoms with van der Waals surface area (Å²) in [5, 5.41) is 13.9. The van der Waals surface area contributed by atoms with Crippen molar-refractivity contribution >= 4 is 32.8 Å². The third kappa shape index (κ3) is 4.33. The molecule has 0 bridgehead atoms. The lowest BCUT2D eigenvalue weighted by Crippen LogP contribution is -2.38. The van der Waals surface area contributed by atoms with Crippen molar-refractivity contribution < 1.29 is 27.5 Å². The summed E-state index contributed by atoms with van der Waals surface area (Å²) in [5.41, 5.74) is -0.548. The van der Waals surface area contributed by atoms with Crippen molar-refractivity contribution in [2.45, 2.75) is 17.4 Å². The molecule has 0 aliphatic heterocycles. The average molecular weight is 404 g/mol. The summed E-state index contributed by atoms with van der Waals surface area (Å²) in [4.78, 5) is 11.2. The maximum absolute atomic E-state index is 12.5. The van der Waals surface area contributed by atoms with Crippen molar-refractivity contribution in [1.29, 1.82) is 0 Å². The number of aliphatic hydroxyl groups is 1. The van der Waals surface area contributed by atoms with Crippen LogP contribution in [0.2, 0.25) is 0 Å². The number of hydrogen-bond donors (Lipinski definition) is 3. The molecule has 8 nitrogen and oxygen atoms in total. The minimum absolute atomic E-state index is 0.0108. The van der Waals surface area contributed by atoms with Crippen molar-refractivity contribution in [2.75, 3.05) is 19.0 Å². The Bertz CT molecular complexity index is 1050. The Morgan fingerprint density at radius 1 is 1.18 bits per heavy atom. The Hall–Kier alpha value is -2.88. The van der Waals surface area contributed by atoms with E-state index in [1.807, 2.05) is 18.2 Å². The lowest BCUT2D eigenvalue weighted by molar-refractivity contribution is 0.0412. The first-order valence-electron chi connectivity index (χ1n) is 8.37. The maximum atomic E-state index is 12.5. The van der Waals surface area contributed by atoms with E-state index in [-0.39, 0.29) is 17.2 Å². The SMILES string of the molecule is COC(=O)Nc1ccc(S(=O)(=O)NCC(C)(O)c2cc3ccccc3o2)cc1. The molecule has 3 aromatic rings. The van der Waals surface area contributed by atoms with Gasteiger partial charge in [0.25, 0.3) is 0 Å². The van der Waals surface area contributed by atoms with Crippen LogP contribution in [0, 0.1) is 0 Å². The number of nitrogens with one attached hydrogen (secondary N) is 2. The number of methoxy groups -OCH3 is 1. The van der Waals surface area contributed by atoms with Crippen LogP contribution in [0.1, 0.15) is 12.7 Å². The molecule has 0 aliphatic rings. The van der Waals surface area contributed by atoms with E-state index in [0.29, 0.717) is 11.3 Å². The molecule has 2 aromatic carbocycles. The fourth-order valence-electron chi connectivity index (χ4n) is 2.54. The quantitative estimate of drug-likeness (QED) is 0.581. The van der Waals surface area contributed by atoms with Gasteiger partial charge in [-0.3, -0.25) is 5.32 Å². The zero-order valence-corrected chi connectivity index (χ0v) is 16.1. The smallest absolute Gasteiger partial charge is 0.411 e. The third-order valence-electron chi connectivity index (χ3n) is 4.16. The fourth-order valence-corrected chi connectivity index (χ4v) is 3.67. The fraction of sp³-hybridized carbons (Fsp3) is 0.211. The highest BCUT2D eigenvalue weighted by Gasteiger charge is 2.30. The van der Waals surface area contributed by atoms with Gasteiger partial charge in [-0.2, -0.15) is 0 Å². The molecular formula is C19H20N2O6S. The normalized spacial score (nSPS) is 13.8. The summed E-state index contributed by atoms with van der Waals surface area (Å²) in [6.07, 6.45) is -0.657. The molecule has 0 fully saturated rings. The number of furan rings is 1. The van der Waals surface area contributed by atoms with E-state index >= 15 is 0 Å². The predicted octanol–water partition coefficient (Wildman–Crippen LogP) is 2.80. The summed E-state index contributed by atoms with van der Waals surface area (Å²) in [6.45, 7) is 1.19. The zero-order valence-electron chi connectivity index (χ0n) is 15.3. The summed E-state index contributed by atoms with van der Waals surface area (Å²) in [6, 6.07) is 14.5. The Kier molecular flexibility index (Phi) is 5.41. The lowest BCUT2D eigenvalue weighted by Gasteiger charge is -2.21. The van der Waals surface area contributed by atoms with Gasteiger partial charge in [-0.15, -0.1) is 0 Å². The van der Waals surface area contributed by atoms with Gasteiger partial charge in [0.2, 0.25) is 10.0 Å². The van der Waals surface area contributed by atoms with Crippen molar-refractivity contribution in [1.82, 2.24) is 4.72 Å². The van der Waals surface area contributed by atoms with E-state index in [1.165, 1.54) is 38.3 Å². The predicted molar refractivity (Wildman–Crippen MR) is 103 cm³/mol. The molecular weight excluding hydrogens is 384 g/mol. The first kappa shape index (κ1) is 19.9. The van der Waals surface area contributed by atoms with Gasteiger partial charge in [0.15, 0.2) is 0 Å². The Morgan fingerprint density at radius 2 is 1.86 bits per heavy atom. The number of hydrogen-bond acceptors (Lipinski definition) is 6. The molecule has 9 heteroatoms. The van der Waals surface area contributed by atoms with Crippen LogP contribution in [0.15, 0.2) is 63.9 Å². The van der Waals surface area contributed by atoms with Crippen LogP contribution in [-0.4, -0.2) is 33.3 Å². The highest BCUT2D eigenvalue weighted by Crippen LogP contribution is 2.28. The molecule has 0 saturated heterocycles. The van der Waals surface area contributed by atoms with Gasteiger partial charge < -0.3 is 14.3 Å². The number of sulfonamides is 1. The number of rotatable bonds is 6. The summed E-state index contributed by atoms with van der Waals surface area (Å²) >= 11 is 0. The van der Waals surface area contributed by atoms with Crippen LogP contribution in [0.25, 0.3) is 11.0 Å². The van der Waals surface area contributed by atoms with Crippen molar-refractivity contribution in [3.8, 4) is 0 Å². The minimum Gasteiger partial charge on any atom is -0.458 e. The molecule has 28 heavy (non-hydrogen) atoms. The number of benzene rings is 2. The van der Waals surface area contributed by atoms with Crippen LogP contribution < -0.4 is 10.0 Å². The average Bonchev–Trinajstić information content (AvgIpc) is 3.12. The monoisotopic (exact) mass is 404 g/mol. The van der Waals surface area contributed by atoms with E-state index in [1.54, 1.807) is 12.1 Å². The standard InChI is InChI=1S/C19H20N2O6S/c1-19(23,17-11-13-5-3-4-6-16(13)27-17)12-20-28(24,25)15-9-7-14(8-10-15)21-18(22)26-2/h3-11,20,23H,12H2,1-2H3,(H,21,22). The number of ether oxygens (including phenoxy) is 1. The van der Waals surface area contributed by atoms with Crippen molar-refractivity contribution in [2.24, 2.45) is 0 Å². The van der Waals surface area contributed by atoms with Gasteiger partial charge in [-0.25, -0.2) is 17.9 Å². The lowest BCUT2D eigenvalue weighted by atomic mass is 10.0. The second kappa shape index (κ2) is 7.63. The highest BCUT2D eigenvalue weighted by atomic mass is 32.2. The first-order valence-corrected chi connectivity index (χ1v) is 9.86. The molecule has 148 valence electrons. The number of fused-ring (bicyclic) bond motifs is 1. The Morgan fingerprint density at radius 3 is 2.50 bits per heavy atom. The molecule has 3 rings (SSSR count). The molecule has 0 aliphatic carbocycles. The van der Waals surface area contributed by atoms with E-state index in [2.05, 4.69) is 14.8 Å². The number of carbonyl (C=O) groups excluding carboxylic acids is 1. The van der Waals surface area contributed by atoms with Crippen molar-refractivity contribution in [3.63, 3.8) is 0 Å². The van der Waals surface area contributed by atoms with Gasteiger partial charge in [-0.05, 0) is 43.3 Å². The molecule has 1 unspecified atom stereocenters. The summed E-state index contributed by atoms with van der Waals surface area (Å²) < 4.78 is 37.5. The van der Waals surface area contributed by atoms with Gasteiger partial charge in [0, 0.05) is 17.6 Å². The Labute approximate surface area is 162 Å². The first-order chi connectivity index (χ1) is 13.2. The topological polar surface area (TPSA) is 118 Å². The van der Waals surface area contributed by atoms with Crippen LogP contribution in [0.5, 0.6) is 0 Å².